The van der Waals surface area contributed by atoms with E-state index in [-0.39, 0.29) is 12.4 Å². The Bertz CT molecular complexity index is 1160. The average molecular weight is 405 g/mol. The molecule has 1 aromatic heterocycles. The molecule has 6 heteroatoms. The molecule has 0 saturated carbocycles. The van der Waals surface area contributed by atoms with Crippen LogP contribution in [0.5, 0.6) is 5.75 Å². The number of nitrogens with zero attached hydrogens (tertiary/aromatic N) is 2. The number of carbonyl (C=O) groups excluding carboxylic acids is 1. The second-order valence-electron chi connectivity index (χ2n) is 6.49. The summed E-state index contributed by atoms with van der Waals surface area (Å²) in [5, 5.41) is 8.58. The summed E-state index contributed by atoms with van der Waals surface area (Å²) in [6.07, 6.45) is 0. The molecule has 29 heavy (non-hydrogen) atoms. The molecule has 5 nitrogen and oxygen atoms in total. The molecule has 0 amide bonds. The first-order valence-corrected chi connectivity index (χ1v) is 9.39. The number of carbonyl (C=O) groups is 1. The summed E-state index contributed by atoms with van der Waals surface area (Å²) >= 11 is 6.03. The minimum Gasteiger partial charge on any atom is -0.483 e. The third kappa shape index (κ3) is 4.36. The lowest BCUT2D eigenvalue weighted by Crippen LogP contribution is -2.06. The van der Waals surface area contributed by atoms with Crippen LogP contribution in [-0.2, 0) is 6.61 Å². The second-order valence-corrected chi connectivity index (χ2v) is 6.93. The average Bonchev–Trinajstić information content (AvgIpc) is 3.22. The maximum atomic E-state index is 13.0. The summed E-state index contributed by atoms with van der Waals surface area (Å²) in [5.41, 5.74) is 2.73. The van der Waals surface area contributed by atoms with Crippen molar-refractivity contribution < 1.29 is 13.9 Å². The van der Waals surface area contributed by atoms with Gasteiger partial charge in [0.05, 0.1) is 5.56 Å². The van der Waals surface area contributed by atoms with Gasteiger partial charge in [-0.2, -0.15) is 0 Å². The first kappa shape index (κ1) is 18.9. The SMILES string of the molecule is Cc1ccc(OCc2nnc(-c3ccccc3)o2)c(C(=O)c2cccc(Cl)c2)c1. The van der Waals surface area contributed by atoms with Crippen molar-refractivity contribution in [3.63, 3.8) is 0 Å². The van der Waals surface area contributed by atoms with Crippen molar-refractivity contribution in [2.45, 2.75) is 13.5 Å². The lowest BCUT2D eigenvalue weighted by Gasteiger charge is -2.11. The van der Waals surface area contributed by atoms with Crippen molar-refractivity contribution in [2.75, 3.05) is 0 Å². The summed E-state index contributed by atoms with van der Waals surface area (Å²) in [6, 6.07) is 21.8. The molecule has 0 aliphatic rings. The fourth-order valence-electron chi connectivity index (χ4n) is 2.88. The molecule has 144 valence electrons. The highest BCUT2D eigenvalue weighted by Gasteiger charge is 2.17. The van der Waals surface area contributed by atoms with Gasteiger partial charge >= 0.3 is 0 Å². The van der Waals surface area contributed by atoms with Crippen LogP contribution in [0.3, 0.4) is 0 Å². The maximum absolute atomic E-state index is 13.0. The number of hydrogen-bond acceptors (Lipinski definition) is 5. The summed E-state index contributed by atoms with van der Waals surface area (Å²) < 4.78 is 11.5. The van der Waals surface area contributed by atoms with Gasteiger partial charge in [0.2, 0.25) is 5.89 Å². The molecule has 0 atom stereocenters. The molecule has 0 unspecified atom stereocenters. The first-order valence-electron chi connectivity index (χ1n) is 9.02. The zero-order valence-corrected chi connectivity index (χ0v) is 16.4. The van der Waals surface area contributed by atoms with Gasteiger partial charge in [0.25, 0.3) is 5.89 Å². The Morgan fingerprint density at radius 3 is 2.62 bits per heavy atom. The summed E-state index contributed by atoms with van der Waals surface area (Å²) in [6.45, 7) is 1.97. The standard InChI is InChI=1S/C23H17ClN2O3/c1-15-10-11-20(19(12-15)22(27)17-8-5-9-18(24)13-17)28-14-21-25-26-23(29-21)16-6-3-2-4-7-16/h2-13H,14H2,1H3. The van der Waals surface area contributed by atoms with Gasteiger partial charge in [0.1, 0.15) is 5.75 Å². The van der Waals surface area contributed by atoms with Crippen LogP contribution >= 0.6 is 11.6 Å². The van der Waals surface area contributed by atoms with Crippen LogP contribution in [0, 0.1) is 6.92 Å². The predicted molar refractivity (Wildman–Crippen MR) is 110 cm³/mol. The highest BCUT2D eigenvalue weighted by molar-refractivity contribution is 6.31. The van der Waals surface area contributed by atoms with E-state index >= 15 is 0 Å². The van der Waals surface area contributed by atoms with Gasteiger partial charge in [-0.3, -0.25) is 4.79 Å². The minimum atomic E-state index is -0.165. The number of hydrogen-bond donors (Lipinski definition) is 0. The molecule has 0 aliphatic carbocycles. The number of aromatic nitrogens is 2. The lowest BCUT2D eigenvalue weighted by molar-refractivity contribution is 0.103. The molecule has 0 saturated heterocycles. The van der Waals surface area contributed by atoms with E-state index in [0.717, 1.165) is 11.1 Å². The second kappa shape index (κ2) is 8.29. The zero-order valence-electron chi connectivity index (χ0n) is 15.6. The van der Waals surface area contributed by atoms with E-state index in [1.54, 1.807) is 36.4 Å². The van der Waals surface area contributed by atoms with E-state index in [4.69, 9.17) is 20.8 Å². The smallest absolute Gasteiger partial charge is 0.254 e. The van der Waals surface area contributed by atoms with Crippen molar-refractivity contribution in [1.29, 1.82) is 0 Å². The van der Waals surface area contributed by atoms with E-state index in [1.165, 1.54) is 0 Å². The fourth-order valence-corrected chi connectivity index (χ4v) is 3.07. The highest BCUT2D eigenvalue weighted by Crippen LogP contribution is 2.26. The monoisotopic (exact) mass is 404 g/mol. The van der Waals surface area contributed by atoms with Gasteiger partial charge < -0.3 is 9.15 Å². The molecule has 4 aromatic rings. The van der Waals surface area contributed by atoms with Crippen LogP contribution < -0.4 is 4.74 Å². The molecular formula is C23H17ClN2O3. The Balaban J connectivity index is 1.55. The van der Waals surface area contributed by atoms with Gasteiger partial charge in [-0.25, -0.2) is 0 Å². The summed E-state index contributed by atoms with van der Waals surface area (Å²) in [4.78, 5) is 13.0. The highest BCUT2D eigenvalue weighted by atomic mass is 35.5. The third-order valence-corrected chi connectivity index (χ3v) is 4.54. The molecule has 0 fully saturated rings. The van der Waals surface area contributed by atoms with Gasteiger partial charge in [-0.1, -0.05) is 53.6 Å². The molecule has 0 spiro atoms. The molecule has 4 rings (SSSR count). The first-order chi connectivity index (χ1) is 14.1. The number of benzene rings is 3. The Morgan fingerprint density at radius 2 is 1.83 bits per heavy atom. The molecule has 0 bridgehead atoms. The van der Waals surface area contributed by atoms with Crippen LogP contribution in [0.25, 0.3) is 11.5 Å². The van der Waals surface area contributed by atoms with Crippen LogP contribution in [0.15, 0.2) is 77.2 Å². The van der Waals surface area contributed by atoms with E-state index in [2.05, 4.69) is 10.2 Å². The van der Waals surface area contributed by atoms with Crippen molar-refractivity contribution >= 4 is 17.4 Å². The predicted octanol–water partition coefficient (Wildman–Crippen LogP) is 5.51. The summed E-state index contributed by atoms with van der Waals surface area (Å²) in [7, 11) is 0. The topological polar surface area (TPSA) is 65.2 Å². The number of ether oxygens (including phenoxy) is 1. The molecule has 0 aliphatic heterocycles. The van der Waals surface area contributed by atoms with Crippen LogP contribution in [0.1, 0.15) is 27.4 Å². The Labute approximate surface area is 172 Å². The fraction of sp³-hybridized carbons (Fsp3) is 0.0870. The van der Waals surface area contributed by atoms with E-state index in [1.807, 2.05) is 43.3 Å². The maximum Gasteiger partial charge on any atom is 0.254 e. The number of ketones is 1. The Morgan fingerprint density at radius 1 is 1.00 bits per heavy atom. The quantitative estimate of drug-likeness (QED) is 0.396. The van der Waals surface area contributed by atoms with E-state index in [9.17, 15) is 4.79 Å². The van der Waals surface area contributed by atoms with Crippen LogP contribution in [-0.4, -0.2) is 16.0 Å². The van der Waals surface area contributed by atoms with Gasteiger partial charge in [-0.15, -0.1) is 10.2 Å². The van der Waals surface area contributed by atoms with Crippen molar-refractivity contribution in [2.24, 2.45) is 0 Å². The molecule has 1 heterocycles. The van der Waals surface area contributed by atoms with Gasteiger partial charge in [0.15, 0.2) is 12.4 Å². The molecular weight excluding hydrogens is 388 g/mol. The molecule has 0 radical (unpaired) electrons. The minimum absolute atomic E-state index is 0.0543. The largest absolute Gasteiger partial charge is 0.483 e. The number of halogens is 1. The number of rotatable bonds is 6. The lowest BCUT2D eigenvalue weighted by atomic mass is 10.0. The van der Waals surface area contributed by atoms with Gasteiger partial charge in [-0.05, 0) is 43.3 Å². The normalized spacial score (nSPS) is 10.7. The van der Waals surface area contributed by atoms with Crippen molar-refractivity contribution in [3.8, 4) is 17.2 Å². The van der Waals surface area contributed by atoms with Crippen molar-refractivity contribution in [1.82, 2.24) is 10.2 Å². The van der Waals surface area contributed by atoms with E-state index in [0.29, 0.717) is 33.7 Å². The van der Waals surface area contributed by atoms with Crippen LogP contribution in [0.4, 0.5) is 0 Å². The van der Waals surface area contributed by atoms with E-state index < -0.39 is 0 Å². The van der Waals surface area contributed by atoms with Crippen LogP contribution in [0.2, 0.25) is 5.02 Å². The number of aryl methyl sites for hydroxylation is 1. The molecule has 3 aromatic carbocycles. The third-order valence-electron chi connectivity index (χ3n) is 4.31. The van der Waals surface area contributed by atoms with Crippen molar-refractivity contribution in [3.05, 3.63) is 100 Å². The summed E-state index contributed by atoms with van der Waals surface area (Å²) in [5.74, 6) is 1.02. The zero-order chi connectivity index (χ0) is 20.2. The van der Waals surface area contributed by atoms with Gasteiger partial charge in [0, 0.05) is 16.1 Å². The Hall–Kier alpha value is -3.44. The Kier molecular flexibility index (Phi) is 5.40. The molecule has 0 N–H and O–H groups in total.